The number of rotatable bonds is 5. The fraction of sp³-hybridized carbons (Fsp3) is 0.250. The predicted octanol–water partition coefficient (Wildman–Crippen LogP) is 4.96. The lowest BCUT2D eigenvalue weighted by Gasteiger charge is -2.15. The van der Waals surface area contributed by atoms with Crippen LogP contribution in [0.5, 0.6) is 0 Å². The summed E-state index contributed by atoms with van der Waals surface area (Å²) in [5.74, 6) is 1.30. The fourth-order valence-corrected chi connectivity index (χ4v) is 3.79. The molecule has 1 atom stereocenters. The molecule has 31 heavy (non-hydrogen) atoms. The van der Waals surface area contributed by atoms with E-state index in [1.807, 2.05) is 41.0 Å². The van der Waals surface area contributed by atoms with Crippen LogP contribution in [-0.2, 0) is 0 Å². The molecule has 2 aromatic heterocycles. The Morgan fingerprint density at radius 1 is 1.10 bits per heavy atom. The molecule has 1 saturated carbocycles. The van der Waals surface area contributed by atoms with Crippen molar-refractivity contribution in [1.29, 1.82) is 0 Å². The highest BCUT2D eigenvalue weighted by atomic mass is 16.5. The van der Waals surface area contributed by atoms with E-state index in [4.69, 9.17) is 4.98 Å². The molecule has 0 amide bonds. The van der Waals surface area contributed by atoms with Gasteiger partial charge in [0.15, 0.2) is 0 Å². The van der Waals surface area contributed by atoms with Gasteiger partial charge in [-0.25, -0.2) is 9.97 Å². The number of hydrogen-bond acceptors (Lipinski definition) is 5. The van der Waals surface area contributed by atoms with E-state index in [1.54, 1.807) is 12.5 Å². The minimum Gasteiger partial charge on any atom is -0.348 e. The van der Waals surface area contributed by atoms with Gasteiger partial charge in [0.1, 0.15) is 12.1 Å². The molecule has 0 radical (unpaired) electrons. The molecule has 2 N–H and O–H groups in total. The number of nitrogens with zero attached hydrogens (tertiary/aromatic N) is 5. The van der Waals surface area contributed by atoms with Crippen LogP contribution in [0.2, 0.25) is 0 Å². The Balaban J connectivity index is 1.40. The van der Waals surface area contributed by atoms with Crippen LogP contribution >= 0.6 is 0 Å². The van der Waals surface area contributed by atoms with Crippen LogP contribution in [0, 0.1) is 6.92 Å². The highest BCUT2D eigenvalue weighted by Gasteiger charge is 2.25. The molecule has 0 unspecified atom stereocenters. The van der Waals surface area contributed by atoms with Gasteiger partial charge in [-0.3, -0.25) is 9.77 Å². The van der Waals surface area contributed by atoms with Crippen LogP contribution < -0.4 is 5.32 Å². The first-order valence-electron chi connectivity index (χ1n) is 10.6. The second kappa shape index (κ2) is 7.83. The van der Waals surface area contributed by atoms with E-state index in [2.05, 4.69) is 41.3 Å². The summed E-state index contributed by atoms with van der Waals surface area (Å²) in [6.45, 7) is 4.12. The quantitative estimate of drug-likeness (QED) is 0.275. The van der Waals surface area contributed by atoms with Gasteiger partial charge in [-0.05, 0) is 49.6 Å². The van der Waals surface area contributed by atoms with Crippen molar-refractivity contribution in [2.75, 3.05) is 5.32 Å². The normalized spacial score (nSPS) is 14.3. The number of imidazole rings is 1. The van der Waals surface area contributed by atoms with E-state index in [9.17, 15) is 5.21 Å². The van der Waals surface area contributed by atoms with Gasteiger partial charge < -0.3 is 5.32 Å². The van der Waals surface area contributed by atoms with Crippen LogP contribution in [0.1, 0.15) is 43.4 Å². The molecular weight excluding hydrogens is 388 g/mol. The zero-order valence-corrected chi connectivity index (χ0v) is 17.7. The van der Waals surface area contributed by atoms with Gasteiger partial charge in [0.05, 0.1) is 17.1 Å². The summed E-state index contributed by atoms with van der Waals surface area (Å²) in [6, 6.07) is 15.9. The van der Waals surface area contributed by atoms with Gasteiger partial charge in [0, 0.05) is 35.9 Å². The molecule has 0 bridgehead atoms. The zero-order chi connectivity index (χ0) is 21.4. The lowest BCUT2D eigenvalue weighted by molar-refractivity contribution is -0.715. The average molecular weight is 414 g/mol. The summed E-state index contributed by atoms with van der Waals surface area (Å²) >= 11 is 0. The molecule has 156 valence electrons. The van der Waals surface area contributed by atoms with E-state index in [-0.39, 0.29) is 6.04 Å². The fourth-order valence-electron chi connectivity index (χ4n) is 3.79. The Kier molecular flexibility index (Phi) is 4.86. The van der Waals surface area contributed by atoms with E-state index in [0.29, 0.717) is 5.95 Å². The van der Waals surface area contributed by atoms with Crippen molar-refractivity contribution in [3.63, 3.8) is 0 Å². The first kappa shape index (κ1) is 19.2. The Morgan fingerprint density at radius 3 is 2.77 bits per heavy atom. The van der Waals surface area contributed by atoms with Crippen molar-refractivity contribution in [2.24, 2.45) is 0 Å². The average Bonchev–Trinajstić information content (AvgIpc) is 3.16. The summed E-state index contributed by atoms with van der Waals surface area (Å²) in [5.41, 5.74) is 6.03. The predicted molar refractivity (Wildman–Crippen MR) is 120 cm³/mol. The minimum atomic E-state index is -0.0308. The summed E-state index contributed by atoms with van der Waals surface area (Å²) in [5, 5.41) is 13.8. The van der Waals surface area contributed by atoms with Crippen molar-refractivity contribution in [3.8, 4) is 5.82 Å². The molecule has 5 rings (SSSR count). The smallest absolute Gasteiger partial charge is 0.257 e. The summed E-state index contributed by atoms with van der Waals surface area (Å²) in [6.07, 6.45) is 6.59. The van der Waals surface area contributed by atoms with E-state index in [1.165, 1.54) is 10.3 Å². The van der Waals surface area contributed by atoms with Crippen molar-refractivity contribution in [2.45, 2.75) is 39.2 Å². The lowest BCUT2D eigenvalue weighted by Crippen LogP contribution is -2.21. The molecule has 2 heterocycles. The number of aryl methyl sites for hydroxylation is 1. The molecule has 0 saturated heterocycles. The molecule has 7 nitrogen and oxygen atoms in total. The minimum absolute atomic E-state index is 0.0308. The van der Waals surface area contributed by atoms with Crippen LogP contribution in [-0.4, -0.2) is 35.2 Å². The topological polar surface area (TPSA) is 78.9 Å². The molecule has 1 aliphatic rings. The number of benzene rings is 2. The molecular formula is C24H25N6O+. The van der Waals surface area contributed by atoms with Crippen LogP contribution in [0.3, 0.4) is 0 Å². The van der Waals surface area contributed by atoms with Crippen LogP contribution in [0.4, 0.5) is 11.6 Å². The van der Waals surface area contributed by atoms with Crippen molar-refractivity contribution < 1.29 is 9.95 Å². The Labute approximate surface area is 180 Å². The second-order valence-electron chi connectivity index (χ2n) is 8.04. The maximum absolute atomic E-state index is 10.4. The molecule has 1 aliphatic carbocycles. The van der Waals surface area contributed by atoms with E-state index >= 15 is 0 Å². The maximum atomic E-state index is 10.4. The van der Waals surface area contributed by atoms with E-state index in [0.717, 1.165) is 53.1 Å². The number of fused-ring (bicyclic) bond motifs is 1. The van der Waals surface area contributed by atoms with Crippen molar-refractivity contribution >= 4 is 28.4 Å². The first-order valence-corrected chi connectivity index (χ1v) is 10.6. The number of nitrogens with one attached hydrogen (secondary N) is 1. The molecule has 0 spiro atoms. The number of anilines is 1. The van der Waals surface area contributed by atoms with Crippen LogP contribution in [0.25, 0.3) is 16.9 Å². The van der Waals surface area contributed by atoms with Gasteiger partial charge >= 0.3 is 0 Å². The molecule has 1 fully saturated rings. The van der Waals surface area contributed by atoms with Gasteiger partial charge in [-0.15, -0.1) is 0 Å². The second-order valence-corrected chi connectivity index (χ2v) is 8.04. The third-order valence-corrected chi connectivity index (χ3v) is 5.78. The molecule has 7 heteroatoms. The number of hydrogen-bond donors (Lipinski definition) is 2. The monoisotopic (exact) mass is 413 g/mol. The number of aromatic nitrogens is 4. The Bertz CT molecular complexity index is 1290. The highest BCUT2D eigenvalue weighted by molar-refractivity contribution is 5.85. The first-order chi connectivity index (χ1) is 15.1. The molecule has 4 aromatic rings. The Hall–Kier alpha value is -3.74. The van der Waals surface area contributed by atoms with Gasteiger partial charge in [-0.1, -0.05) is 18.2 Å². The zero-order valence-electron chi connectivity index (χ0n) is 17.7. The maximum Gasteiger partial charge on any atom is 0.257 e. The standard InChI is InChI=1S/C24H25N6O/c1-16-9-10-21-22(13-16)29(15-26-21)23-11-12-25-24(28-23)27-17(2)18-5-3-8-20(14-18)30(31)19-6-4-7-19/h3,5,8-15,17,31H,4,6-7H2,1-2H3,(H,25,27,28)/q+1/t17-/m1/s1. The largest absolute Gasteiger partial charge is 0.348 e. The highest BCUT2D eigenvalue weighted by Crippen LogP contribution is 2.25. The summed E-state index contributed by atoms with van der Waals surface area (Å²) in [7, 11) is 0. The van der Waals surface area contributed by atoms with Gasteiger partial charge in [0.25, 0.3) is 5.69 Å². The summed E-state index contributed by atoms with van der Waals surface area (Å²) < 4.78 is 3.29. The van der Waals surface area contributed by atoms with Crippen LogP contribution in [0.15, 0.2) is 61.1 Å². The van der Waals surface area contributed by atoms with Crippen molar-refractivity contribution in [3.05, 3.63) is 72.2 Å². The molecule has 0 aliphatic heterocycles. The Morgan fingerprint density at radius 2 is 1.97 bits per heavy atom. The SMILES string of the molecule is Cc1ccc2ncn(-c3ccnc(N[C@H](C)c4cccc([N+](O)=C5CCC5)c4)n3)c2c1. The summed E-state index contributed by atoms with van der Waals surface area (Å²) in [4.78, 5) is 13.6. The lowest BCUT2D eigenvalue weighted by atomic mass is 9.97. The van der Waals surface area contributed by atoms with Gasteiger partial charge in [-0.2, -0.15) is 4.98 Å². The van der Waals surface area contributed by atoms with Crippen molar-refractivity contribution in [1.82, 2.24) is 19.5 Å². The third-order valence-electron chi connectivity index (χ3n) is 5.78. The van der Waals surface area contributed by atoms with E-state index < -0.39 is 0 Å². The molecule has 2 aromatic carbocycles. The van der Waals surface area contributed by atoms with Gasteiger partial charge in [0.2, 0.25) is 11.7 Å². The third kappa shape index (κ3) is 3.74.